The third-order valence-electron chi connectivity index (χ3n) is 16.5. The number of ether oxygens (including phenoxy) is 1. The summed E-state index contributed by atoms with van der Waals surface area (Å²) in [6.45, 7) is 5.44. The van der Waals surface area contributed by atoms with Crippen LogP contribution in [-0.2, 0) is 13.6 Å². The van der Waals surface area contributed by atoms with Crippen molar-refractivity contribution in [2.45, 2.75) is 13.5 Å². The zero-order valence-corrected chi connectivity index (χ0v) is 48.3. The monoisotopic (exact) mass is 966 g/mol. The lowest BCUT2D eigenvalue weighted by Gasteiger charge is -2.59. The second-order valence-electron chi connectivity index (χ2n) is 22.5. The second-order valence-corrected chi connectivity index (χ2v) is 22.5. The molecule has 1 aliphatic heterocycles. The lowest BCUT2D eigenvalue weighted by molar-refractivity contribution is 0.307. The summed E-state index contributed by atoms with van der Waals surface area (Å²) in [5, 5.41) is 3.34. The molecule has 65 radical (unpaired) electrons. The number of imidazole rings is 1. The number of nitrogens with zero attached hydrogens (tertiary/aromatic N) is 3. The van der Waals surface area contributed by atoms with E-state index in [4.69, 9.17) is 252 Å². The Labute approximate surface area is 559 Å². The number of anilines is 2. The fourth-order valence-corrected chi connectivity index (χ4v) is 13.4. The largest absolute Gasteiger partial charge is 0.490 e. The summed E-state index contributed by atoms with van der Waals surface area (Å²) in [5.41, 5.74) is 3.34. The summed E-state index contributed by atoms with van der Waals surface area (Å²) in [6.07, 6.45) is -39.7. The number of fused-ring (bicyclic) bond motifs is 1. The van der Waals surface area contributed by atoms with Crippen LogP contribution in [0.2, 0.25) is 0 Å². The number of hydrogen-bond acceptors (Lipinski definition) is 4. The van der Waals surface area contributed by atoms with Crippen LogP contribution in [0.3, 0.4) is 0 Å². The van der Waals surface area contributed by atoms with E-state index in [1.807, 2.05) is 24.0 Å². The van der Waals surface area contributed by atoms with Gasteiger partial charge in [-0.1, -0.05) is 0 Å². The second kappa shape index (κ2) is 38.2. The normalized spacial score (nSPS) is 10.7. The molecule has 0 atom stereocenters. The summed E-state index contributed by atoms with van der Waals surface area (Å²) in [5.74, 6) is 0.953. The van der Waals surface area contributed by atoms with Crippen LogP contribution in [0.5, 0.6) is 5.75 Å². The molecule has 0 unspecified atom stereocenters. The smallest absolute Gasteiger partial charge is 0.142 e. The molecule has 0 bridgehead atoms. The number of aromatic nitrogens is 2. The highest BCUT2D eigenvalue weighted by molar-refractivity contribution is 8.38. The molecule has 2 heterocycles. The molecule has 295 valence electrons. The van der Waals surface area contributed by atoms with Crippen molar-refractivity contribution in [2.24, 2.45) is 7.05 Å². The average molecular weight is 954 g/mol. The van der Waals surface area contributed by atoms with Crippen LogP contribution >= 0.6 is 0 Å². The standard InChI is InChI=1S/C15H20N4O.B63/c1-3-16-12-4-5-15-14(8-12)19(6-7-20-15)10-13-9-18(2)11-17-13;1-33-49(32)57(48(30)31)61(56(46(26)27)47(28)29)63(60(54(42(18)19)43(20)21)55(44(22)23)45(24)25)62(58(50(34(2)3)35(4)5)51(36(6)7)37(8)9)59(52(38(10)11)39(12)13)53(40(14)15)41(16)17/h4-5,8-9,11,16H,3,6-7,10H2,1-2H3;. The summed E-state index contributed by atoms with van der Waals surface area (Å²) in [7, 11) is 216. The minimum Gasteiger partial charge on any atom is -0.490 e. The third-order valence-corrected chi connectivity index (χ3v) is 16.5. The molecule has 83 heavy (non-hydrogen) atoms. The van der Waals surface area contributed by atoms with Crippen molar-refractivity contribution < 1.29 is 4.74 Å². The highest BCUT2D eigenvalue weighted by Gasteiger charge is 2.63. The van der Waals surface area contributed by atoms with Gasteiger partial charge in [0.15, 0.2) is 0 Å². The summed E-state index contributed by atoms with van der Waals surface area (Å²) in [4.78, 5) is 6.73. The predicted octanol–water partition coefficient (Wildman–Crippen LogP) is -21.7. The molecule has 1 aromatic carbocycles. The molecular weight excluding hydrogens is 933 g/mol. The first-order chi connectivity index (χ1) is 38.4. The first-order valence-electron chi connectivity index (χ1n) is 27.7. The number of aryl methyl sites for hydroxylation is 1. The van der Waals surface area contributed by atoms with Gasteiger partial charge < -0.3 is 19.5 Å². The van der Waals surface area contributed by atoms with Gasteiger partial charge in [0.25, 0.3) is 0 Å². The minimum absolute atomic E-state index is 0.723. The SMILES string of the molecule is CCNc1ccc2c(c1)N(Cc1cn(C)cn1)CCO2.[B][B]B([B])B(B([B])[B])B(B(B([B])[B])B([B])[B])B(B(B(B([B])[B])B([B])[B])B(B([B])[B])B([B])[B])B(B(B(B([B])[B])B([B])[B])B(B([B])[B])B([B])[B])B(B(B([B])[B])B([B])[B])B(B([B])[B])B([B])[B]. The molecular formula is C15H20B63N4O. The van der Waals surface area contributed by atoms with E-state index in [0.717, 1.165) is 56.1 Å². The Balaban J connectivity index is 0.000000966. The molecule has 3 rings (SSSR count). The zero-order chi connectivity index (χ0) is 64.0. The van der Waals surface area contributed by atoms with Crippen molar-refractivity contribution in [2.75, 3.05) is 29.9 Å². The maximum Gasteiger partial charge on any atom is 0.142 e. The molecule has 0 spiro atoms. The van der Waals surface area contributed by atoms with E-state index in [1.165, 1.54) is 0 Å². The first kappa shape index (κ1) is 81.0. The number of nitrogens with one attached hydrogen (secondary N) is 1. The molecule has 0 fully saturated rings. The van der Waals surface area contributed by atoms with E-state index in [2.05, 4.69) is 40.5 Å². The molecule has 1 N–H and O–H groups in total. The van der Waals surface area contributed by atoms with Gasteiger partial charge in [-0.2, -0.15) is 0 Å². The lowest BCUT2D eigenvalue weighted by Crippen LogP contribution is -2.97. The highest BCUT2D eigenvalue weighted by atomic mass is 16.5. The van der Waals surface area contributed by atoms with E-state index in [-0.39, 0.29) is 0 Å². The average Bonchev–Trinajstić information content (AvgIpc) is 3.43. The Morgan fingerprint density at radius 1 is 0.446 bits per heavy atom. The van der Waals surface area contributed by atoms with Gasteiger partial charge in [-0.3, -0.25) is 0 Å². The van der Waals surface area contributed by atoms with Crippen LogP contribution in [0.1, 0.15) is 12.6 Å². The van der Waals surface area contributed by atoms with Gasteiger partial charge in [-0.15, -0.1) is 0 Å². The first-order valence-corrected chi connectivity index (χ1v) is 27.7. The van der Waals surface area contributed by atoms with Crippen molar-refractivity contribution in [3.8, 4) is 5.75 Å². The Hall–Kier alpha value is 1.92. The highest BCUT2D eigenvalue weighted by Crippen LogP contribution is 2.35. The van der Waals surface area contributed by atoms with Crippen molar-refractivity contribution >= 4 is 458 Å². The van der Waals surface area contributed by atoms with Gasteiger partial charge in [-0.05, 0) is 25.1 Å². The van der Waals surface area contributed by atoms with Gasteiger partial charge >= 0.3 is 0 Å². The molecule has 68 heteroatoms. The quantitative estimate of drug-likeness (QED) is 0.0710. The molecule has 2 aromatic rings. The maximum atomic E-state index is 6.84. The van der Waals surface area contributed by atoms with Crippen LogP contribution in [0.4, 0.5) is 11.4 Å². The number of benzene rings is 1. The summed E-state index contributed by atoms with van der Waals surface area (Å²) in [6, 6.07) is 6.26. The molecule has 0 amide bonds. The van der Waals surface area contributed by atoms with Crippen LogP contribution in [-0.4, -0.2) is 475 Å². The Morgan fingerprint density at radius 3 is 0.988 bits per heavy atom. The van der Waals surface area contributed by atoms with Gasteiger partial charge in [0, 0.05) is 472 Å². The van der Waals surface area contributed by atoms with Crippen LogP contribution in [0.25, 0.3) is 0 Å². The molecule has 0 saturated carbocycles. The van der Waals surface area contributed by atoms with Crippen LogP contribution < -0.4 is 15.0 Å². The fourth-order valence-electron chi connectivity index (χ4n) is 13.4. The van der Waals surface area contributed by atoms with Gasteiger partial charge in [0.2, 0.25) is 0 Å². The van der Waals surface area contributed by atoms with Crippen molar-refractivity contribution in [3.63, 3.8) is 0 Å². The molecule has 5 nitrogen and oxygen atoms in total. The van der Waals surface area contributed by atoms with E-state index in [9.17, 15) is 0 Å². The van der Waals surface area contributed by atoms with Crippen molar-refractivity contribution in [1.82, 2.24) is 9.55 Å². The maximum absolute atomic E-state index is 6.84. The van der Waals surface area contributed by atoms with Gasteiger partial charge in [-0.25, -0.2) is 4.98 Å². The lowest BCUT2D eigenvalue weighted by atomic mass is 8.22. The van der Waals surface area contributed by atoms with E-state index in [1.54, 1.807) is 0 Å². The van der Waals surface area contributed by atoms with E-state index >= 15 is 0 Å². The molecule has 0 saturated heterocycles. The van der Waals surface area contributed by atoms with E-state index in [0.29, 0.717) is 0 Å². The molecule has 1 aromatic heterocycles. The van der Waals surface area contributed by atoms with Gasteiger partial charge in [0.1, 0.15) is 12.4 Å². The summed E-state index contributed by atoms with van der Waals surface area (Å²) >= 11 is 0. The Bertz CT molecular complexity index is 1930. The summed E-state index contributed by atoms with van der Waals surface area (Å²) < 4.78 is 7.71. The van der Waals surface area contributed by atoms with E-state index < -0.39 is 192 Å². The Morgan fingerprint density at radius 2 is 0.735 bits per heavy atom. The minimum atomic E-state index is -1.56. The number of rotatable bonds is 34. The van der Waals surface area contributed by atoms with Crippen LogP contribution in [0, 0.1) is 0 Å². The third kappa shape index (κ3) is 22.3. The molecule has 1 aliphatic rings. The number of hydrogen-bond donors (Lipinski definition) is 1. The fraction of sp³-hybridized carbons (Fsp3) is 0.400. The zero-order valence-electron chi connectivity index (χ0n) is 48.3. The Kier molecular flexibility index (Phi) is 37.3. The molecule has 0 aliphatic carbocycles. The van der Waals surface area contributed by atoms with Crippen molar-refractivity contribution in [3.05, 3.63) is 36.4 Å². The van der Waals surface area contributed by atoms with Gasteiger partial charge in [0.05, 0.1) is 30.8 Å². The van der Waals surface area contributed by atoms with Crippen LogP contribution in [0.15, 0.2) is 30.7 Å². The predicted molar refractivity (Wildman–Crippen MR) is 443 cm³/mol. The topological polar surface area (TPSA) is 42.3 Å². The van der Waals surface area contributed by atoms with Crippen molar-refractivity contribution in [1.29, 1.82) is 0 Å².